The summed E-state index contributed by atoms with van der Waals surface area (Å²) in [7, 11) is 1.54. The number of fused-ring (bicyclic) bond motifs is 1. The highest BCUT2D eigenvalue weighted by Gasteiger charge is 2.30. The van der Waals surface area contributed by atoms with Crippen molar-refractivity contribution in [2.45, 2.75) is 38.1 Å². The summed E-state index contributed by atoms with van der Waals surface area (Å²) < 4.78 is 0. The molecule has 2 N–H and O–H groups in total. The van der Waals surface area contributed by atoms with E-state index in [1.807, 2.05) is 18.2 Å². The van der Waals surface area contributed by atoms with Crippen LogP contribution in [0, 0.1) is 5.92 Å². The molecule has 0 spiro atoms. The second-order valence-electron chi connectivity index (χ2n) is 5.92. The third-order valence-electron chi connectivity index (χ3n) is 4.68. The Hall–Kier alpha value is -1.68. The molecule has 1 saturated carbocycles. The lowest BCUT2D eigenvalue weighted by Crippen LogP contribution is -2.39. The summed E-state index contributed by atoms with van der Waals surface area (Å²) in [6, 6.07) is 5.76. The molecule has 0 saturated heterocycles. The zero-order chi connectivity index (χ0) is 14.3. The SMILES string of the molecule is CN1C(=O)Cc2ccc(C(N)C3CCCC3)cc2C1=O. The van der Waals surface area contributed by atoms with Gasteiger partial charge in [0.05, 0.1) is 6.42 Å². The van der Waals surface area contributed by atoms with Crippen LogP contribution in [0.4, 0.5) is 0 Å². The molecule has 1 fully saturated rings. The number of benzene rings is 1. The van der Waals surface area contributed by atoms with Crippen molar-refractivity contribution < 1.29 is 9.59 Å². The molecule has 106 valence electrons. The van der Waals surface area contributed by atoms with Crippen LogP contribution in [0.25, 0.3) is 0 Å². The van der Waals surface area contributed by atoms with E-state index in [1.165, 1.54) is 37.6 Å². The van der Waals surface area contributed by atoms with Gasteiger partial charge in [0.2, 0.25) is 5.91 Å². The van der Waals surface area contributed by atoms with E-state index in [0.29, 0.717) is 17.9 Å². The number of hydrogen-bond donors (Lipinski definition) is 1. The Balaban J connectivity index is 1.92. The largest absolute Gasteiger partial charge is 0.324 e. The highest BCUT2D eigenvalue weighted by Crippen LogP contribution is 2.35. The molecule has 0 radical (unpaired) electrons. The Labute approximate surface area is 118 Å². The van der Waals surface area contributed by atoms with Crippen LogP contribution in [0.3, 0.4) is 0 Å². The molecule has 2 aliphatic rings. The van der Waals surface area contributed by atoms with Crippen LogP contribution < -0.4 is 5.73 Å². The molecule has 20 heavy (non-hydrogen) atoms. The molecule has 2 amide bonds. The third kappa shape index (κ3) is 2.14. The maximum Gasteiger partial charge on any atom is 0.260 e. The predicted molar refractivity (Wildman–Crippen MR) is 76.1 cm³/mol. The fourth-order valence-corrected chi connectivity index (χ4v) is 3.32. The van der Waals surface area contributed by atoms with Crippen molar-refractivity contribution in [1.29, 1.82) is 0 Å². The number of hydrogen-bond acceptors (Lipinski definition) is 3. The number of amides is 2. The van der Waals surface area contributed by atoms with Gasteiger partial charge in [-0.2, -0.15) is 0 Å². The third-order valence-corrected chi connectivity index (χ3v) is 4.68. The van der Waals surface area contributed by atoms with Gasteiger partial charge in [-0.3, -0.25) is 14.5 Å². The normalized spacial score (nSPS) is 21.2. The first kappa shape index (κ1) is 13.3. The molecule has 4 nitrogen and oxygen atoms in total. The standard InChI is InChI=1S/C16H20N2O2/c1-18-14(19)9-11-6-7-12(8-13(11)16(18)20)15(17)10-4-2-3-5-10/h6-8,10,15H,2-5,9,17H2,1H3. The van der Waals surface area contributed by atoms with Crippen LogP contribution in [0.2, 0.25) is 0 Å². The van der Waals surface area contributed by atoms with E-state index < -0.39 is 0 Å². The Kier molecular flexibility index (Phi) is 3.34. The molecular formula is C16H20N2O2. The molecule has 3 rings (SSSR count). The van der Waals surface area contributed by atoms with Gasteiger partial charge in [0, 0.05) is 18.7 Å². The number of carbonyl (C=O) groups is 2. The topological polar surface area (TPSA) is 63.4 Å². The molecule has 1 aliphatic carbocycles. The van der Waals surface area contributed by atoms with E-state index in [-0.39, 0.29) is 17.9 Å². The van der Waals surface area contributed by atoms with Crippen LogP contribution in [-0.2, 0) is 11.2 Å². The number of rotatable bonds is 2. The van der Waals surface area contributed by atoms with Crippen molar-refractivity contribution in [3.63, 3.8) is 0 Å². The number of imide groups is 1. The van der Waals surface area contributed by atoms with Gasteiger partial charge >= 0.3 is 0 Å². The highest BCUT2D eigenvalue weighted by atomic mass is 16.2. The van der Waals surface area contributed by atoms with Crippen molar-refractivity contribution in [3.05, 3.63) is 34.9 Å². The zero-order valence-corrected chi connectivity index (χ0v) is 11.8. The molecular weight excluding hydrogens is 252 g/mol. The fraction of sp³-hybridized carbons (Fsp3) is 0.500. The Morgan fingerprint density at radius 1 is 1.25 bits per heavy atom. The summed E-state index contributed by atoms with van der Waals surface area (Å²) in [5.41, 5.74) is 8.83. The first-order valence-electron chi connectivity index (χ1n) is 7.27. The highest BCUT2D eigenvalue weighted by molar-refractivity contribution is 6.09. The van der Waals surface area contributed by atoms with E-state index in [1.54, 1.807) is 0 Å². The van der Waals surface area contributed by atoms with Gasteiger partial charge in [-0.05, 0) is 36.0 Å². The van der Waals surface area contributed by atoms with Crippen LogP contribution in [0.15, 0.2) is 18.2 Å². The number of nitrogens with zero attached hydrogens (tertiary/aromatic N) is 1. The van der Waals surface area contributed by atoms with Gasteiger partial charge in [0.1, 0.15) is 0 Å². The number of likely N-dealkylation sites (N-methyl/N-ethyl adjacent to an activating group) is 1. The molecule has 1 unspecified atom stereocenters. The Morgan fingerprint density at radius 2 is 1.95 bits per heavy atom. The average molecular weight is 272 g/mol. The first-order valence-corrected chi connectivity index (χ1v) is 7.27. The van der Waals surface area contributed by atoms with Gasteiger partial charge in [-0.15, -0.1) is 0 Å². The van der Waals surface area contributed by atoms with Crippen LogP contribution in [0.1, 0.15) is 53.2 Å². The van der Waals surface area contributed by atoms with Gasteiger partial charge in [0.15, 0.2) is 0 Å². The first-order chi connectivity index (χ1) is 9.58. The lowest BCUT2D eigenvalue weighted by molar-refractivity contribution is -0.127. The monoisotopic (exact) mass is 272 g/mol. The quantitative estimate of drug-likeness (QED) is 0.838. The minimum atomic E-state index is -0.211. The van der Waals surface area contributed by atoms with E-state index >= 15 is 0 Å². The molecule has 1 atom stereocenters. The molecule has 1 heterocycles. The second kappa shape index (κ2) is 5.02. The number of nitrogens with two attached hydrogens (primary N) is 1. The summed E-state index contributed by atoms with van der Waals surface area (Å²) in [5.74, 6) is 0.165. The fourth-order valence-electron chi connectivity index (χ4n) is 3.32. The molecule has 1 aromatic rings. The van der Waals surface area contributed by atoms with E-state index in [4.69, 9.17) is 5.73 Å². The maximum absolute atomic E-state index is 12.2. The van der Waals surface area contributed by atoms with Crippen LogP contribution in [0.5, 0.6) is 0 Å². The molecule has 0 aromatic heterocycles. The second-order valence-corrected chi connectivity index (χ2v) is 5.92. The summed E-state index contributed by atoms with van der Waals surface area (Å²) in [4.78, 5) is 25.1. The van der Waals surface area contributed by atoms with Gasteiger partial charge in [-0.25, -0.2) is 0 Å². The maximum atomic E-state index is 12.2. The molecule has 4 heteroatoms. The van der Waals surface area contributed by atoms with Crippen LogP contribution >= 0.6 is 0 Å². The average Bonchev–Trinajstić information content (AvgIpc) is 2.98. The van der Waals surface area contributed by atoms with E-state index in [9.17, 15) is 9.59 Å². The Bertz CT molecular complexity index is 562. The van der Waals surface area contributed by atoms with Gasteiger partial charge in [0.25, 0.3) is 5.91 Å². The van der Waals surface area contributed by atoms with Crippen molar-refractivity contribution in [2.75, 3.05) is 7.05 Å². The van der Waals surface area contributed by atoms with Crippen molar-refractivity contribution in [2.24, 2.45) is 11.7 Å². The predicted octanol–water partition coefficient (Wildman–Crippen LogP) is 2.03. The lowest BCUT2D eigenvalue weighted by Gasteiger charge is -2.25. The zero-order valence-electron chi connectivity index (χ0n) is 11.8. The lowest BCUT2D eigenvalue weighted by atomic mass is 9.88. The Morgan fingerprint density at radius 3 is 2.65 bits per heavy atom. The smallest absolute Gasteiger partial charge is 0.260 e. The molecule has 1 aliphatic heterocycles. The minimum Gasteiger partial charge on any atom is -0.324 e. The van der Waals surface area contributed by atoms with Crippen molar-refractivity contribution in [1.82, 2.24) is 4.90 Å². The van der Waals surface area contributed by atoms with Crippen LogP contribution in [-0.4, -0.2) is 23.8 Å². The summed E-state index contributed by atoms with van der Waals surface area (Å²) in [5, 5.41) is 0. The molecule has 1 aromatic carbocycles. The van der Waals surface area contributed by atoms with E-state index in [2.05, 4.69) is 0 Å². The van der Waals surface area contributed by atoms with Crippen molar-refractivity contribution in [3.8, 4) is 0 Å². The summed E-state index contributed by atoms with van der Waals surface area (Å²) in [6.45, 7) is 0. The van der Waals surface area contributed by atoms with E-state index in [0.717, 1.165) is 11.1 Å². The van der Waals surface area contributed by atoms with Gasteiger partial charge in [-0.1, -0.05) is 25.0 Å². The summed E-state index contributed by atoms with van der Waals surface area (Å²) >= 11 is 0. The number of carbonyl (C=O) groups excluding carboxylic acids is 2. The summed E-state index contributed by atoms with van der Waals surface area (Å²) in [6.07, 6.45) is 5.14. The van der Waals surface area contributed by atoms with Gasteiger partial charge < -0.3 is 5.73 Å². The minimum absolute atomic E-state index is 0.00136. The molecule has 0 bridgehead atoms. The van der Waals surface area contributed by atoms with Crippen molar-refractivity contribution >= 4 is 11.8 Å².